The number of hydrogen-bond donors (Lipinski definition) is 0. The summed E-state index contributed by atoms with van der Waals surface area (Å²) in [6, 6.07) is 71.7. The highest BCUT2D eigenvalue weighted by molar-refractivity contribution is 6.06. The first-order valence-electron chi connectivity index (χ1n) is 26.8. The lowest BCUT2D eigenvalue weighted by atomic mass is 9.70. The summed E-state index contributed by atoms with van der Waals surface area (Å²) in [6.45, 7) is 0. The molecule has 76 heavy (non-hydrogen) atoms. The van der Waals surface area contributed by atoms with Gasteiger partial charge in [-0.3, -0.25) is 4.57 Å². The molecule has 6 nitrogen and oxygen atoms in total. The van der Waals surface area contributed by atoms with Crippen molar-refractivity contribution in [1.82, 2.24) is 19.5 Å². The van der Waals surface area contributed by atoms with Gasteiger partial charge in [-0.15, -0.1) is 0 Å². The summed E-state index contributed by atoms with van der Waals surface area (Å²) in [5.41, 5.74) is 20.1. The molecule has 1 spiro atoms. The molecule has 2 unspecified atom stereocenters. The van der Waals surface area contributed by atoms with E-state index in [4.69, 9.17) is 15.0 Å². The molecule has 0 amide bonds. The van der Waals surface area contributed by atoms with Crippen molar-refractivity contribution in [3.05, 3.63) is 282 Å². The zero-order chi connectivity index (χ0) is 50.2. The lowest BCUT2D eigenvalue weighted by Gasteiger charge is -2.35. The van der Waals surface area contributed by atoms with E-state index in [1.54, 1.807) is 0 Å². The van der Waals surface area contributed by atoms with Gasteiger partial charge in [0.2, 0.25) is 5.95 Å². The van der Waals surface area contributed by atoms with Gasteiger partial charge in [0.1, 0.15) is 0 Å². The molecule has 5 aliphatic rings. The van der Waals surface area contributed by atoms with Gasteiger partial charge in [0.05, 0.1) is 22.7 Å². The maximum atomic E-state index is 5.61. The van der Waals surface area contributed by atoms with Gasteiger partial charge >= 0.3 is 0 Å². The third kappa shape index (κ3) is 6.90. The molecule has 0 fully saturated rings. The molecule has 8 aromatic carbocycles. The van der Waals surface area contributed by atoms with Gasteiger partial charge in [0.15, 0.2) is 11.6 Å². The third-order valence-electron chi connectivity index (χ3n) is 16.2. The normalized spacial score (nSPS) is 17.3. The van der Waals surface area contributed by atoms with Crippen molar-refractivity contribution >= 4 is 51.0 Å². The lowest BCUT2D eigenvalue weighted by Crippen LogP contribution is -2.31. The van der Waals surface area contributed by atoms with Gasteiger partial charge in [0.25, 0.3) is 0 Å². The second-order valence-corrected chi connectivity index (χ2v) is 20.4. The van der Waals surface area contributed by atoms with Crippen LogP contribution in [0.4, 0.5) is 28.4 Å². The van der Waals surface area contributed by atoms with Crippen molar-refractivity contribution < 1.29 is 0 Å². The highest BCUT2D eigenvalue weighted by atomic mass is 15.2. The van der Waals surface area contributed by atoms with Crippen molar-refractivity contribution in [1.29, 1.82) is 0 Å². The summed E-state index contributed by atoms with van der Waals surface area (Å²) in [5, 5.41) is 1.13. The van der Waals surface area contributed by atoms with Crippen LogP contribution in [0, 0.1) is 0 Å². The summed E-state index contributed by atoms with van der Waals surface area (Å²) in [7, 11) is 0. The van der Waals surface area contributed by atoms with Crippen LogP contribution in [-0.4, -0.2) is 25.6 Å². The van der Waals surface area contributed by atoms with Crippen LogP contribution in [0.2, 0.25) is 0 Å². The third-order valence-corrected chi connectivity index (χ3v) is 16.2. The highest BCUT2D eigenvalue weighted by Gasteiger charge is 2.55. The molecule has 2 aromatic heterocycles. The van der Waals surface area contributed by atoms with Crippen LogP contribution >= 0.6 is 0 Å². The Balaban J connectivity index is 1.06. The predicted molar refractivity (Wildman–Crippen MR) is 312 cm³/mol. The quantitative estimate of drug-likeness (QED) is 0.144. The Morgan fingerprint density at radius 1 is 0.500 bits per heavy atom. The number of rotatable bonds is 9. The fourth-order valence-corrected chi connectivity index (χ4v) is 12.9. The zero-order valence-electron chi connectivity index (χ0n) is 42.0. The van der Waals surface area contributed by atoms with E-state index in [1.807, 2.05) is 0 Å². The van der Waals surface area contributed by atoms with Crippen molar-refractivity contribution in [3.63, 3.8) is 0 Å². The maximum absolute atomic E-state index is 5.61. The molecule has 2 heterocycles. The average Bonchev–Trinajstić information content (AvgIpc) is 4.24. The number of benzene rings is 8. The smallest absolute Gasteiger partial charge is 0.238 e. The van der Waals surface area contributed by atoms with Crippen LogP contribution in [0.25, 0.3) is 62.3 Å². The summed E-state index contributed by atoms with van der Waals surface area (Å²) in [6.07, 6.45) is 25.0. The highest BCUT2D eigenvalue weighted by Crippen LogP contribution is 2.66. The SMILES string of the molecule is C1=CCC(N(c2ccccc2)c2ccc3c(c2)C2(c4ccccc4-3)c3ccccc3-c3c2c2cc(N(c4ccccc4)c4ccccc4)ccc2n3-c2nc(C3=CCCC=C3)nc(-c3ccc4c(c3)CCC=C4)n2)C=C1. The van der Waals surface area contributed by atoms with Gasteiger partial charge in [-0.1, -0.05) is 176 Å². The Hall–Kier alpha value is -9.39. The topological polar surface area (TPSA) is 50.1 Å². The molecular weight excluding hydrogens is 925 g/mol. The molecule has 6 heteroatoms. The van der Waals surface area contributed by atoms with E-state index in [0.717, 1.165) is 93.8 Å². The largest absolute Gasteiger partial charge is 0.334 e. The van der Waals surface area contributed by atoms with E-state index < -0.39 is 5.41 Å². The molecular formula is C70H52N6. The summed E-state index contributed by atoms with van der Waals surface area (Å²) in [5.74, 6) is 1.94. The summed E-state index contributed by atoms with van der Waals surface area (Å²) < 4.78 is 2.38. The van der Waals surface area contributed by atoms with Crippen molar-refractivity contribution in [3.8, 4) is 39.7 Å². The molecule has 0 bridgehead atoms. The molecule has 0 aliphatic heterocycles. The Morgan fingerprint density at radius 2 is 1.18 bits per heavy atom. The number of fused-ring (bicyclic) bond motifs is 13. The van der Waals surface area contributed by atoms with Crippen LogP contribution < -0.4 is 9.80 Å². The fraction of sp³-hybridized carbons (Fsp3) is 0.100. The number of nitrogens with zero attached hydrogens (tertiary/aromatic N) is 6. The molecule has 5 aliphatic carbocycles. The molecule has 10 aromatic rings. The first-order valence-corrected chi connectivity index (χ1v) is 26.8. The Kier molecular flexibility index (Phi) is 10.4. The van der Waals surface area contributed by atoms with E-state index in [0.29, 0.717) is 17.6 Å². The van der Waals surface area contributed by atoms with E-state index >= 15 is 0 Å². The van der Waals surface area contributed by atoms with Gasteiger partial charge in [-0.05, 0) is 144 Å². The fourth-order valence-electron chi connectivity index (χ4n) is 12.9. The minimum absolute atomic E-state index is 0.135. The Labute approximate surface area is 443 Å². The van der Waals surface area contributed by atoms with Crippen LogP contribution in [0.3, 0.4) is 0 Å². The monoisotopic (exact) mass is 976 g/mol. The van der Waals surface area contributed by atoms with Gasteiger partial charge < -0.3 is 9.80 Å². The Morgan fingerprint density at radius 3 is 1.93 bits per heavy atom. The van der Waals surface area contributed by atoms with E-state index in [9.17, 15) is 0 Å². The number of hydrogen-bond acceptors (Lipinski definition) is 5. The maximum Gasteiger partial charge on any atom is 0.238 e. The first kappa shape index (κ1) is 44.1. The standard InChI is InChI=1S/C70H52N6/c1-6-23-48(24-7-1)67-71-68(50-39-38-47-22-16-17-25-49(47)44-50)73-69(72-67)76-64-43-41-55(74(51-26-8-2-9-27-51)52-28-10-3-11-29-52)45-60(64)65-66(76)59-35-19-21-37-62(59)70(65)61-36-20-18-34-57(61)58-42-40-56(46-63(58)70)75(53-30-12-4-13-31-53)54-32-14-5-15-33-54/h2-6,8-16,18-24,26-32,34-46,54H,1,7,17,25,33H2. The lowest BCUT2D eigenvalue weighted by molar-refractivity contribution is 0.776. The number of aryl methyl sites for hydroxylation is 1. The zero-order valence-corrected chi connectivity index (χ0v) is 42.0. The van der Waals surface area contributed by atoms with Crippen LogP contribution in [0.1, 0.15) is 64.9 Å². The minimum Gasteiger partial charge on any atom is -0.334 e. The molecule has 15 rings (SSSR count). The molecule has 0 N–H and O–H groups in total. The van der Waals surface area contributed by atoms with Crippen molar-refractivity contribution in [2.45, 2.75) is 43.6 Å². The summed E-state index contributed by atoms with van der Waals surface area (Å²) in [4.78, 5) is 21.4. The second kappa shape index (κ2) is 17.9. The van der Waals surface area contributed by atoms with Crippen molar-refractivity contribution in [2.75, 3.05) is 9.80 Å². The number of para-hydroxylation sites is 3. The minimum atomic E-state index is -0.732. The van der Waals surface area contributed by atoms with Crippen molar-refractivity contribution in [2.24, 2.45) is 0 Å². The number of anilines is 5. The molecule has 0 saturated heterocycles. The molecule has 0 radical (unpaired) electrons. The van der Waals surface area contributed by atoms with Crippen LogP contribution in [0.5, 0.6) is 0 Å². The molecule has 362 valence electrons. The molecule has 0 saturated carbocycles. The molecule has 2 atom stereocenters. The van der Waals surface area contributed by atoms with Crippen LogP contribution in [-0.2, 0) is 11.8 Å². The predicted octanol–water partition coefficient (Wildman–Crippen LogP) is 17.0. The summed E-state index contributed by atoms with van der Waals surface area (Å²) >= 11 is 0. The van der Waals surface area contributed by atoms with Crippen LogP contribution in [0.15, 0.2) is 243 Å². The van der Waals surface area contributed by atoms with E-state index in [2.05, 4.69) is 263 Å². The van der Waals surface area contributed by atoms with E-state index in [-0.39, 0.29) is 6.04 Å². The second-order valence-electron chi connectivity index (χ2n) is 20.4. The number of aromatic nitrogens is 4. The van der Waals surface area contributed by atoms with Gasteiger partial charge in [0, 0.05) is 56.1 Å². The first-order chi connectivity index (χ1) is 37.7. The number of allylic oxidation sites excluding steroid dienone is 7. The Bertz CT molecular complexity index is 4070. The van der Waals surface area contributed by atoms with E-state index in [1.165, 1.54) is 44.5 Å². The average molecular weight is 977 g/mol. The van der Waals surface area contributed by atoms with Gasteiger partial charge in [-0.2, -0.15) is 9.97 Å². The van der Waals surface area contributed by atoms with Gasteiger partial charge in [-0.25, -0.2) is 4.98 Å².